The molecule has 0 aliphatic carbocycles. The van der Waals surface area contributed by atoms with Crippen molar-refractivity contribution in [2.24, 2.45) is 5.73 Å². The van der Waals surface area contributed by atoms with Gasteiger partial charge in [-0.05, 0) is 57.8 Å². The maximum atomic E-state index is 6.29. The number of hydrogen-bond donors (Lipinski definition) is 1. The van der Waals surface area contributed by atoms with Crippen LogP contribution in [-0.2, 0) is 0 Å². The van der Waals surface area contributed by atoms with Gasteiger partial charge in [0.05, 0.1) is 15.5 Å². The summed E-state index contributed by atoms with van der Waals surface area (Å²) < 4.78 is 4.08. The van der Waals surface area contributed by atoms with E-state index in [2.05, 4.69) is 56.9 Å². The van der Waals surface area contributed by atoms with Gasteiger partial charge < -0.3 is 5.73 Å². The Morgan fingerprint density at radius 3 is 2.65 bits per heavy atom. The van der Waals surface area contributed by atoms with Crippen molar-refractivity contribution in [3.8, 4) is 0 Å². The van der Waals surface area contributed by atoms with E-state index in [0.29, 0.717) is 6.04 Å². The molecule has 0 saturated heterocycles. The van der Waals surface area contributed by atoms with Crippen LogP contribution >= 0.6 is 43.2 Å². The van der Waals surface area contributed by atoms with Crippen molar-refractivity contribution in [2.75, 3.05) is 0 Å². The van der Waals surface area contributed by atoms with Crippen molar-refractivity contribution in [1.82, 2.24) is 9.78 Å². The molecule has 17 heavy (non-hydrogen) atoms. The molecule has 0 bridgehead atoms. The number of rotatable bonds is 3. The molecule has 0 amide bonds. The highest BCUT2D eigenvalue weighted by Crippen LogP contribution is 2.36. The summed E-state index contributed by atoms with van der Waals surface area (Å²) in [4.78, 5) is 1.12. The average molecular weight is 379 g/mol. The Morgan fingerprint density at radius 1 is 1.41 bits per heavy atom. The van der Waals surface area contributed by atoms with Crippen molar-refractivity contribution >= 4 is 43.2 Å². The average Bonchev–Trinajstić information content (AvgIpc) is 2.85. The van der Waals surface area contributed by atoms with Gasteiger partial charge >= 0.3 is 0 Å². The maximum Gasteiger partial charge on any atom is 0.0843 e. The molecule has 1 atom stereocenters. The standard InChI is InChI=1S/C11H13Br2N3S/c1-6(2)16-8(3-4-15-16)10(14)9-5-7(12)11(13)17-9/h3-6,10H,14H2,1-2H3. The van der Waals surface area contributed by atoms with E-state index in [9.17, 15) is 0 Å². The molecule has 2 N–H and O–H groups in total. The Labute approximate surface area is 121 Å². The molecule has 6 heteroatoms. The SMILES string of the molecule is CC(C)n1nccc1C(N)c1cc(Br)c(Br)s1. The molecule has 2 rings (SSSR count). The van der Waals surface area contributed by atoms with Crippen molar-refractivity contribution in [3.05, 3.63) is 37.2 Å². The minimum atomic E-state index is -0.132. The van der Waals surface area contributed by atoms with Gasteiger partial charge in [0.2, 0.25) is 0 Å². The highest BCUT2D eigenvalue weighted by Gasteiger charge is 2.18. The van der Waals surface area contributed by atoms with Gasteiger partial charge in [0.15, 0.2) is 0 Å². The first-order chi connectivity index (χ1) is 8.00. The summed E-state index contributed by atoms with van der Waals surface area (Å²) in [5.41, 5.74) is 7.33. The number of halogens is 2. The molecule has 2 aromatic rings. The Morgan fingerprint density at radius 2 is 2.12 bits per heavy atom. The number of thiophene rings is 1. The molecule has 0 saturated carbocycles. The Kier molecular flexibility index (Phi) is 4.07. The van der Waals surface area contributed by atoms with Gasteiger partial charge in [0.1, 0.15) is 0 Å². The van der Waals surface area contributed by atoms with Crippen LogP contribution in [0.2, 0.25) is 0 Å². The van der Waals surface area contributed by atoms with Gasteiger partial charge in [-0.15, -0.1) is 11.3 Å². The van der Waals surface area contributed by atoms with Gasteiger partial charge in [0.25, 0.3) is 0 Å². The maximum absolute atomic E-state index is 6.29. The smallest absolute Gasteiger partial charge is 0.0843 e. The summed E-state index contributed by atoms with van der Waals surface area (Å²) in [6, 6.07) is 4.22. The fourth-order valence-corrected chi connectivity index (χ4v) is 3.77. The third-order valence-corrected chi connectivity index (χ3v) is 5.82. The second kappa shape index (κ2) is 5.22. The summed E-state index contributed by atoms with van der Waals surface area (Å²) in [7, 11) is 0. The van der Waals surface area contributed by atoms with E-state index in [4.69, 9.17) is 5.73 Å². The number of nitrogens with two attached hydrogens (primary N) is 1. The van der Waals surface area contributed by atoms with Crippen LogP contribution in [0.5, 0.6) is 0 Å². The molecule has 0 fully saturated rings. The molecule has 0 aliphatic heterocycles. The van der Waals surface area contributed by atoms with Crippen LogP contribution in [0.15, 0.2) is 26.6 Å². The van der Waals surface area contributed by atoms with E-state index < -0.39 is 0 Å². The van der Waals surface area contributed by atoms with Gasteiger partial charge in [-0.3, -0.25) is 4.68 Å². The molecule has 0 aromatic carbocycles. The zero-order chi connectivity index (χ0) is 12.6. The topological polar surface area (TPSA) is 43.8 Å². The second-order valence-electron chi connectivity index (χ2n) is 4.04. The van der Waals surface area contributed by atoms with Crippen LogP contribution in [0.25, 0.3) is 0 Å². The highest BCUT2D eigenvalue weighted by atomic mass is 79.9. The molecular weight excluding hydrogens is 366 g/mol. The molecular formula is C11H13Br2N3S. The van der Waals surface area contributed by atoms with Gasteiger partial charge in [-0.25, -0.2) is 0 Å². The lowest BCUT2D eigenvalue weighted by molar-refractivity contribution is 0.500. The lowest BCUT2D eigenvalue weighted by Crippen LogP contribution is -2.17. The van der Waals surface area contributed by atoms with Crippen LogP contribution in [-0.4, -0.2) is 9.78 Å². The fourth-order valence-electron chi connectivity index (χ4n) is 1.66. The van der Waals surface area contributed by atoms with E-state index in [1.165, 1.54) is 0 Å². The lowest BCUT2D eigenvalue weighted by Gasteiger charge is -2.15. The van der Waals surface area contributed by atoms with Crippen LogP contribution in [0.3, 0.4) is 0 Å². The Bertz CT molecular complexity index is 499. The lowest BCUT2D eigenvalue weighted by atomic mass is 10.2. The van der Waals surface area contributed by atoms with E-state index in [1.807, 2.05) is 10.7 Å². The highest BCUT2D eigenvalue weighted by molar-refractivity contribution is 9.13. The van der Waals surface area contributed by atoms with Crippen molar-refractivity contribution in [3.63, 3.8) is 0 Å². The van der Waals surface area contributed by atoms with E-state index in [1.54, 1.807) is 17.5 Å². The minimum absolute atomic E-state index is 0.132. The van der Waals surface area contributed by atoms with E-state index in [-0.39, 0.29) is 6.04 Å². The summed E-state index contributed by atoms with van der Waals surface area (Å²) in [5.74, 6) is 0. The summed E-state index contributed by atoms with van der Waals surface area (Å²) in [5, 5.41) is 4.31. The second-order valence-corrected chi connectivity index (χ2v) is 7.30. The minimum Gasteiger partial charge on any atom is -0.318 e. The van der Waals surface area contributed by atoms with E-state index in [0.717, 1.165) is 18.8 Å². The quantitative estimate of drug-likeness (QED) is 0.873. The largest absolute Gasteiger partial charge is 0.318 e. The van der Waals surface area contributed by atoms with Gasteiger partial charge in [0, 0.05) is 21.6 Å². The van der Waals surface area contributed by atoms with Crippen LogP contribution < -0.4 is 5.73 Å². The molecule has 2 aromatic heterocycles. The summed E-state index contributed by atoms with van der Waals surface area (Å²) >= 11 is 8.61. The third-order valence-electron chi connectivity index (χ3n) is 2.48. The Hall–Kier alpha value is -0.170. The van der Waals surface area contributed by atoms with Gasteiger partial charge in [-0.1, -0.05) is 0 Å². The predicted molar refractivity (Wildman–Crippen MR) is 78.4 cm³/mol. The molecule has 0 radical (unpaired) electrons. The number of hydrogen-bond acceptors (Lipinski definition) is 3. The zero-order valence-electron chi connectivity index (χ0n) is 9.52. The third kappa shape index (κ3) is 2.65. The van der Waals surface area contributed by atoms with Crippen LogP contribution in [0.4, 0.5) is 0 Å². The molecule has 0 spiro atoms. The fraction of sp³-hybridized carbons (Fsp3) is 0.364. The van der Waals surface area contributed by atoms with E-state index >= 15 is 0 Å². The Balaban J connectivity index is 2.36. The van der Waals surface area contributed by atoms with Gasteiger partial charge in [-0.2, -0.15) is 5.10 Å². The first-order valence-corrected chi connectivity index (χ1v) is 7.64. The molecule has 3 nitrogen and oxygen atoms in total. The normalized spacial score (nSPS) is 13.3. The van der Waals surface area contributed by atoms with Crippen molar-refractivity contribution < 1.29 is 0 Å². The molecule has 0 aliphatic rings. The van der Waals surface area contributed by atoms with Crippen molar-refractivity contribution in [2.45, 2.75) is 25.9 Å². The molecule has 2 heterocycles. The summed E-state index contributed by atoms with van der Waals surface area (Å²) in [6.45, 7) is 4.20. The molecule has 1 unspecified atom stereocenters. The molecule has 92 valence electrons. The monoisotopic (exact) mass is 377 g/mol. The number of nitrogens with zero attached hydrogens (tertiary/aromatic N) is 2. The van der Waals surface area contributed by atoms with Crippen molar-refractivity contribution in [1.29, 1.82) is 0 Å². The first-order valence-electron chi connectivity index (χ1n) is 5.24. The zero-order valence-corrected chi connectivity index (χ0v) is 13.5. The first kappa shape index (κ1) is 13.3. The number of aromatic nitrogens is 2. The predicted octanol–water partition coefficient (Wildman–Crippen LogP) is 4.10. The van der Waals surface area contributed by atoms with Crippen LogP contribution in [0, 0.1) is 0 Å². The summed E-state index contributed by atoms with van der Waals surface area (Å²) in [6.07, 6.45) is 1.80. The van der Waals surface area contributed by atoms with Crippen LogP contribution in [0.1, 0.15) is 36.5 Å².